The molecule has 1 atom stereocenters. The Kier molecular flexibility index (Phi) is 5.75. The summed E-state index contributed by atoms with van der Waals surface area (Å²) < 4.78 is 27.1. The zero-order valence-corrected chi connectivity index (χ0v) is 11.8. The van der Waals surface area contributed by atoms with Crippen LogP contribution in [0.15, 0.2) is 17.0 Å². The number of carbonyl (C=O) groups excluding carboxylic acids is 2. The molecule has 110 valence electrons. The summed E-state index contributed by atoms with van der Waals surface area (Å²) in [6.07, 6.45) is 0. The van der Waals surface area contributed by atoms with Gasteiger partial charge >= 0.3 is 6.03 Å². The maximum atomic E-state index is 13.6. The lowest BCUT2D eigenvalue weighted by molar-refractivity contribution is -0.119. The van der Waals surface area contributed by atoms with Crippen LogP contribution < -0.4 is 16.4 Å². The number of amides is 3. The van der Waals surface area contributed by atoms with E-state index < -0.39 is 28.8 Å². The van der Waals surface area contributed by atoms with Gasteiger partial charge in [0.1, 0.15) is 11.6 Å². The van der Waals surface area contributed by atoms with Gasteiger partial charge in [-0.05, 0) is 26.0 Å². The fourth-order valence-electron chi connectivity index (χ4n) is 1.34. The standard InChI is InChI=1S/C12H15F2N3O2S/c1-3-16-12(19)17-11(18)6(2)20-10-8(13)4-7(15)5-9(10)14/h4-6H,3,15H2,1-2H3,(H2,16,17,18,19). The summed E-state index contributed by atoms with van der Waals surface area (Å²) >= 11 is 0.676. The number of imide groups is 1. The SMILES string of the molecule is CCNC(=O)NC(=O)C(C)Sc1c(F)cc(N)cc1F. The second-order valence-electron chi connectivity index (χ2n) is 3.92. The molecule has 20 heavy (non-hydrogen) atoms. The van der Waals surface area contributed by atoms with Crippen LogP contribution in [0.4, 0.5) is 19.3 Å². The Morgan fingerprint density at radius 2 is 1.90 bits per heavy atom. The molecule has 8 heteroatoms. The van der Waals surface area contributed by atoms with Crippen molar-refractivity contribution >= 4 is 29.4 Å². The van der Waals surface area contributed by atoms with Gasteiger partial charge in [0.25, 0.3) is 0 Å². The average molecular weight is 303 g/mol. The van der Waals surface area contributed by atoms with Crippen LogP contribution in [-0.4, -0.2) is 23.7 Å². The molecule has 5 nitrogen and oxygen atoms in total. The van der Waals surface area contributed by atoms with Gasteiger partial charge < -0.3 is 11.1 Å². The molecule has 1 aromatic carbocycles. The number of halogens is 2. The summed E-state index contributed by atoms with van der Waals surface area (Å²) in [7, 11) is 0. The summed E-state index contributed by atoms with van der Waals surface area (Å²) in [5, 5.41) is 3.61. The monoisotopic (exact) mass is 303 g/mol. The predicted octanol–water partition coefficient (Wildman–Crippen LogP) is 1.87. The molecule has 0 spiro atoms. The fraction of sp³-hybridized carbons (Fsp3) is 0.333. The molecule has 0 bridgehead atoms. The van der Waals surface area contributed by atoms with Gasteiger partial charge in [-0.1, -0.05) is 0 Å². The summed E-state index contributed by atoms with van der Waals surface area (Å²) in [5.74, 6) is -2.33. The third kappa shape index (κ3) is 4.37. The first kappa shape index (κ1) is 16.2. The van der Waals surface area contributed by atoms with E-state index in [1.165, 1.54) is 6.92 Å². The molecule has 0 saturated heterocycles. The lowest BCUT2D eigenvalue weighted by Crippen LogP contribution is -2.42. The Labute approximate surface area is 119 Å². The number of rotatable bonds is 4. The van der Waals surface area contributed by atoms with Gasteiger partial charge in [0.15, 0.2) is 0 Å². The minimum atomic E-state index is -0.842. The Balaban J connectivity index is 2.73. The molecule has 0 fully saturated rings. The van der Waals surface area contributed by atoms with Gasteiger partial charge in [-0.25, -0.2) is 13.6 Å². The van der Waals surface area contributed by atoms with Crippen molar-refractivity contribution in [2.75, 3.05) is 12.3 Å². The first-order valence-electron chi connectivity index (χ1n) is 5.85. The maximum absolute atomic E-state index is 13.6. The highest BCUT2D eigenvalue weighted by atomic mass is 32.2. The molecule has 0 saturated carbocycles. The molecule has 1 unspecified atom stereocenters. The predicted molar refractivity (Wildman–Crippen MR) is 73.3 cm³/mol. The lowest BCUT2D eigenvalue weighted by atomic mass is 10.3. The number of urea groups is 1. The van der Waals surface area contributed by atoms with Crippen molar-refractivity contribution in [3.8, 4) is 0 Å². The molecule has 0 heterocycles. The molecule has 0 radical (unpaired) electrons. The van der Waals surface area contributed by atoms with Crippen LogP contribution in [0.25, 0.3) is 0 Å². The van der Waals surface area contributed by atoms with E-state index in [0.29, 0.717) is 18.3 Å². The molecule has 0 aliphatic carbocycles. The van der Waals surface area contributed by atoms with Gasteiger partial charge in [0, 0.05) is 12.2 Å². The average Bonchev–Trinajstić information content (AvgIpc) is 2.33. The third-order valence-electron chi connectivity index (χ3n) is 2.26. The van der Waals surface area contributed by atoms with Crippen LogP contribution in [0, 0.1) is 11.6 Å². The first-order valence-corrected chi connectivity index (χ1v) is 6.73. The van der Waals surface area contributed by atoms with Crippen LogP contribution in [-0.2, 0) is 4.79 Å². The summed E-state index contributed by atoms with van der Waals surface area (Å²) in [5.41, 5.74) is 5.26. The molecule has 4 N–H and O–H groups in total. The van der Waals surface area contributed by atoms with E-state index in [1.807, 2.05) is 0 Å². The van der Waals surface area contributed by atoms with E-state index in [-0.39, 0.29) is 10.6 Å². The van der Waals surface area contributed by atoms with Crippen LogP contribution >= 0.6 is 11.8 Å². The van der Waals surface area contributed by atoms with Gasteiger partial charge in [-0.3, -0.25) is 10.1 Å². The second-order valence-corrected chi connectivity index (χ2v) is 5.27. The van der Waals surface area contributed by atoms with Crippen molar-refractivity contribution in [1.29, 1.82) is 0 Å². The van der Waals surface area contributed by atoms with E-state index in [0.717, 1.165) is 12.1 Å². The lowest BCUT2D eigenvalue weighted by Gasteiger charge is -2.12. The topological polar surface area (TPSA) is 84.2 Å². The Morgan fingerprint density at radius 3 is 2.40 bits per heavy atom. The summed E-state index contributed by atoms with van der Waals surface area (Å²) in [6.45, 7) is 3.50. The number of benzene rings is 1. The third-order valence-corrected chi connectivity index (χ3v) is 3.45. The number of nitrogen functional groups attached to an aromatic ring is 1. The van der Waals surface area contributed by atoms with Crippen molar-refractivity contribution in [3.63, 3.8) is 0 Å². The normalized spacial score (nSPS) is 11.8. The van der Waals surface area contributed by atoms with E-state index in [4.69, 9.17) is 5.73 Å². The molecular weight excluding hydrogens is 288 g/mol. The van der Waals surface area contributed by atoms with Gasteiger partial charge in [0.05, 0.1) is 10.1 Å². The minimum absolute atomic E-state index is 0.0382. The fourth-order valence-corrected chi connectivity index (χ4v) is 2.20. The van der Waals surface area contributed by atoms with Crippen molar-refractivity contribution < 1.29 is 18.4 Å². The maximum Gasteiger partial charge on any atom is 0.321 e. The van der Waals surface area contributed by atoms with Crippen molar-refractivity contribution in [1.82, 2.24) is 10.6 Å². The number of nitrogens with two attached hydrogens (primary N) is 1. The van der Waals surface area contributed by atoms with Crippen LogP contribution in [0.2, 0.25) is 0 Å². The highest BCUT2D eigenvalue weighted by Crippen LogP contribution is 2.30. The number of nitrogens with one attached hydrogen (secondary N) is 2. The number of hydrogen-bond acceptors (Lipinski definition) is 4. The van der Waals surface area contributed by atoms with E-state index in [9.17, 15) is 18.4 Å². The molecule has 0 aromatic heterocycles. The Hall–Kier alpha value is -1.83. The highest BCUT2D eigenvalue weighted by Gasteiger charge is 2.21. The minimum Gasteiger partial charge on any atom is -0.399 e. The van der Waals surface area contributed by atoms with Crippen molar-refractivity contribution in [2.45, 2.75) is 24.0 Å². The quantitative estimate of drug-likeness (QED) is 0.585. The van der Waals surface area contributed by atoms with E-state index >= 15 is 0 Å². The Morgan fingerprint density at radius 1 is 1.35 bits per heavy atom. The molecule has 0 aliphatic heterocycles. The molecule has 3 amide bonds. The van der Waals surface area contributed by atoms with Gasteiger partial charge in [-0.2, -0.15) is 0 Å². The summed E-state index contributed by atoms with van der Waals surface area (Å²) in [4.78, 5) is 22.5. The number of anilines is 1. The Bertz CT molecular complexity index is 502. The second kappa shape index (κ2) is 7.09. The van der Waals surface area contributed by atoms with Crippen molar-refractivity contribution in [2.24, 2.45) is 0 Å². The number of carbonyl (C=O) groups is 2. The summed E-state index contributed by atoms with van der Waals surface area (Å²) in [6, 6.07) is 1.29. The van der Waals surface area contributed by atoms with Crippen LogP contribution in [0.3, 0.4) is 0 Å². The van der Waals surface area contributed by atoms with E-state index in [1.54, 1.807) is 6.92 Å². The van der Waals surface area contributed by atoms with Crippen molar-refractivity contribution in [3.05, 3.63) is 23.8 Å². The van der Waals surface area contributed by atoms with Gasteiger partial charge in [0.2, 0.25) is 5.91 Å². The van der Waals surface area contributed by atoms with Gasteiger partial charge in [-0.15, -0.1) is 11.8 Å². The van der Waals surface area contributed by atoms with Crippen LogP contribution in [0.5, 0.6) is 0 Å². The zero-order valence-electron chi connectivity index (χ0n) is 11.0. The largest absolute Gasteiger partial charge is 0.399 e. The molecule has 1 rings (SSSR count). The number of hydrogen-bond donors (Lipinski definition) is 3. The molecule has 0 aliphatic rings. The highest BCUT2D eigenvalue weighted by molar-refractivity contribution is 8.00. The van der Waals surface area contributed by atoms with Crippen LogP contribution in [0.1, 0.15) is 13.8 Å². The number of thioether (sulfide) groups is 1. The zero-order chi connectivity index (χ0) is 15.3. The molecule has 1 aromatic rings. The smallest absolute Gasteiger partial charge is 0.321 e. The first-order chi connectivity index (χ1) is 9.35. The molecular formula is C12H15F2N3O2S. The van der Waals surface area contributed by atoms with E-state index in [2.05, 4.69) is 10.6 Å².